The zero-order chi connectivity index (χ0) is 9.97. The summed E-state index contributed by atoms with van der Waals surface area (Å²) in [4.78, 5) is 0. The largest absolute Gasteiger partial charge is 0.301 e. The lowest BCUT2D eigenvalue weighted by atomic mass is 10.1. The third-order valence-corrected chi connectivity index (χ3v) is 4.00. The Morgan fingerprint density at radius 3 is 2.86 bits per heavy atom. The van der Waals surface area contributed by atoms with E-state index in [9.17, 15) is 0 Å². The second kappa shape index (κ2) is 4.37. The van der Waals surface area contributed by atoms with E-state index in [0.717, 1.165) is 18.2 Å². The van der Waals surface area contributed by atoms with Gasteiger partial charge in [0, 0.05) is 11.8 Å². The van der Waals surface area contributed by atoms with Gasteiger partial charge >= 0.3 is 0 Å². The molecule has 1 aromatic carbocycles. The highest BCUT2D eigenvalue weighted by molar-refractivity contribution is 8.00. The zero-order valence-corrected chi connectivity index (χ0v) is 9.60. The van der Waals surface area contributed by atoms with Crippen LogP contribution in [0.5, 0.6) is 0 Å². The monoisotopic (exact) mass is 207 g/mol. The standard InChI is InChI=1S/C12H17NS/c1-3-10-6-4-5-7-11(10)12-13-8-9(2)14-12/h4-7,9,12-13H,3,8H2,1-2H3. The molecule has 2 unspecified atom stereocenters. The van der Waals surface area contributed by atoms with Crippen molar-refractivity contribution in [2.75, 3.05) is 6.54 Å². The molecule has 1 aromatic rings. The van der Waals surface area contributed by atoms with Crippen LogP contribution in [-0.4, -0.2) is 11.8 Å². The first-order valence-electron chi connectivity index (χ1n) is 5.28. The van der Waals surface area contributed by atoms with E-state index in [4.69, 9.17) is 0 Å². The molecule has 1 fully saturated rings. The van der Waals surface area contributed by atoms with Crippen LogP contribution >= 0.6 is 11.8 Å². The molecule has 0 amide bonds. The topological polar surface area (TPSA) is 12.0 Å². The predicted molar refractivity (Wildman–Crippen MR) is 63.6 cm³/mol. The molecule has 1 saturated heterocycles. The van der Waals surface area contributed by atoms with Crippen LogP contribution in [0.1, 0.15) is 30.3 Å². The Hall–Kier alpha value is -0.470. The minimum Gasteiger partial charge on any atom is -0.301 e. The highest BCUT2D eigenvalue weighted by atomic mass is 32.2. The Kier molecular flexibility index (Phi) is 3.14. The maximum atomic E-state index is 3.56. The summed E-state index contributed by atoms with van der Waals surface area (Å²) < 4.78 is 0. The first-order chi connectivity index (χ1) is 6.81. The molecular weight excluding hydrogens is 190 g/mol. The molecule has 0 radical (unpaired) electrons. The second-order valence-corrected chi connectivity index (χ2v) is 5.34. The molecule has 14 heavy (non-hydrogen) atoms. The summed E-state index contributed by atoms with van der Waals surface area (Å²) in [6.07, 6.45) is 1.13. The van der Waals surface area contributed by atoms with Crippen molar-refractivity contribution >= 4 is 11.8 Å². The van der Waals surface area contributed by atoms with E-state index in [0.29, 0.717) is 5.37 Å². The van der Waals surface area contributed by atoms with Crippen molar-refractivity contribution in [2.45, 2.75) is 30.9 Å². The molecule has 0 saturated carbocycles. The maximum absolute atomic E-state index is 3.56. The Labute approximate surface area is 90.3 Å². The summed E-state index contributed by atoms with van der Waals surface area (Å²) in [7, 11) is 0. The van der Waals surface area contributed by atoms with Crippen molar-refractivity contribution in [3.05, 3.63) is 35.4 Å². The van der Waals surface area contributed by atoms with Gasteiger partial charge in [0.25, 0.3) is 0 Å². The molecule has 2 heteroatoms. The smallest absolute Gasteiger partial charge is 0.0795 e. The molecule has 1 nitrogen and oxygen atoms in total. The van der Waals surface area contributed by atoms with Crippen molar-refractivity contribution in [2.24, 2.45) is 0 Å². The third-order valence-electron chi connectivity index (χ3n) is 2.68. The Morgan fingerprint density at radius 2 is 2.21 bits per heavy atom. The lowest BCUT2D eigenvalue weighted by molar-refractivity contribution is 0.712. The number of hydrogen-bond donors (Lipinski definition) is 1. The normalized spacial score (nSPS) is 26.7. The van der Waals surface area contributed by atoms with Crippen LogP contribution in [0.25, 0.3) is 0 Å². The fraction of sp³-hybridized carbons (Fsp3) is 0.500. The number of nitrogens with one attached hydrogen (secondary N) is 1. The van der Waals surface area contributed by atoms with Gasteiger partial charge in [0.05, 0.1) is 5.37 Å². The lowest BCUT2D eigenvalue weighted by Gasteiger charge is -2.14. The van der Waals surface area contributed by atoms with Crippen molar-refractivity contribution in [1.29, 1.82) is 0 Å². The van der Waals surface area contributed by atoms with Crippen LogP contribution < -0.4 is 5.32 Å². The van der Waals surface area contributed by atoms with Crippen molar-refractivity contribution < 1.29 is 0 Å². The molecule has 2 rings (SSSR count). The minimum atomic E-state index is 0.515. The Morgan fingerprint density at radius 1 is 1.43 bits per heavy atom. The summed E-state index contributed by atoms with van der Waals surface area (Å²) in [6.45, 7) is 5.64. The van der Waals surface area contributed by atoms with Crippen molar-refractivity contribution in [3.8, 4) is 0 Å². The molecule has 1 aliphatic rings. The van der Waals surface area contributed by atoms with Crippen LogP contribution in [0.2, 0.25) is 0 Å². The van der Waals surface area contributed by atoms with E-state index in [1.165, 1.54) is 11.1 Å². The van der Waals surface area contributed by atoms with E-state index < -0.39 is 0 Å². The number of hydrogen-bond acceptors (Lipinski definition) is 2. The van der Waals surface area contributed by atoms with Crippen LogP contribution in [0.4, 0.5) is 0 Å². The second-order valence-electron chi connectivity index (χ2n) is 3.79. The highest BCUT2D eigenvalue weighted by Gasteiger charge is 2.23. The predicted octanol–water partition coefficient (Wildman–Crippen LogP) is 2.97. The average molecular weight is 207 g/mol. The van der Waals surface area contributed by atoms with E-state index in [-0.39, 0.29) is 0 Å². The highest BCUT2D eigenvalue weighted by Crippen LogP contribution is 2.36. The summed E-state index contributed by atoms with van der Waals surface area (Å²) >= 11 is 2.04. The fourth-order valence-electron chi connectivity index (χ4n) is 1.90. The lowest BCUT2D eigenvalue weighted by Crippen LogP contribution is -2.14. The van der Waals surface area contributed by atoms with Crippen molar-refractivity contribution in [3.63, 3.8) is 0 Å². The number of aryl methyl sites for hydroxylation is 1. The first-order valence-corrected chi connectivity index (χ1v) is 6.22. The summed E-state index contributed by atoms with van der Waals surface area (Å²) in [6, 6.07) is 8.76. The van der Waals surface area contributed by atoms with Crippen LogP contribution in [-0.2, 0) is 6.42 Å². The van der Waals surface area contributed by atoms with E-state index >= 15 is 0 Å². The van der Waals surface area contributed by atoms with Crippen LogP contribution in [0, 0.1) is 0 Å². The van der Waals surface area contributed by atoms with Crippen LogP contribution in [0.3, 0.4) is 0 Å². The van der Waals surface area contributed by atoms with Crippen molar-refractivity contribution in [1.82, 2.24) is 5.32 Å². The van der Waals surface area contributed by atoms with Gasteiger partial charge in [-0.15, -0.1) is 11.8 Å². The molecule has 2 atom stereocenters. The van der Waals surface area contributed by atoms with Gasteiger partial charge in [-0.2, -0.15) is 0 Å². The van der Waals surface area contributed by atoms with Gasteiger partial charge in [-0.3, -0.25) is 0 Å². The number of thioether (sulfide) groups is 1. The Balaban J connectivity index is 2.22. The van der Waals surface area contributed by atoms with Gasteiger partial charge in [0.2, 0.25) is 0 Å². The molecule has 1 N–H and O–H groups in total. The number of benzene rings is 1. The summed E-state index contributed by atoms with van der Waals surface area (Å²) in [5.41, 5.74) is 2.95. The van der Waals surface area contributed by atoms with Crippen LogP contribution in [0.15, 0.2) is 24.3 Å². The quantitative estimate of drug-likeness (QED) is 0.800. The molecular formula is C12H17NS. The summed E-state index contributed by atoms with van der Waals surface area (Å²) in [5.74, 6) is 0. The van der Waals surface area contributed by atoms with Gasteiger partial charge in [-0.05, 0) is 17.5 Å². The van der Waals surface area contributed by atoms with Gasteiger partial charge in [-0.25, -0.2) is 0 Å². The molecule has 76 valence electrons. The minimum absolute atomic E-state index is 0.515. The van der Waals surface area contributed by atoms with Gasteiger partial charge in [-0.1, -0.05) is 38.1 Å². The molecule has 0 aliphatic carbocycles. The third kappa shape index (κ3) is 1.96. The molecule has 1 aliphatic heterocycles. The number of rotatable bonds is 2. The Bertz CT molecular complexity index is 311. The maximum Gasteiger partial charge on any atom is 0.0795 e. The molecule has 1 heterocycles. The van der Waals surface area contributed by atoms with E-state index in [1.807, 2.05) is 11.8 Å². The molecule has 0 spiro atoms. The summed E-state index contributed by atoms with van der Waals surface area (Å²) in [5, 5.41) is 4.82. The van der Waals surface area contributed by atoms with Gasteiger partial charge in [0.1, 0.15) is 0 Å². The first kappa shape index (κ1) is 10.1. The van der Waals surface area contributed by atoms with Gasteiger partial charge < -0.3 is 5.32 Å². The SMILES string of the molecule is CCc1ccccc1C1NCC(C)S1. The molecule has 0 aromatic heterocycles. The fourth-order valence-corrected chi connectivity index (χ4v) is 3.12. The molecule has 0 bridgehead atoms. The van der Waals surface area contributed by atoms with E-state index in [1.54, 1.807) is 0 Å². The van der Waals surface area contributed by atoms with Gasteiger partial charge in [0.15, 0.2) is 0 Å². The average Bonchev–Trinajstić information content (AvgIpc) is 2.65. The zero-order valence-electron chi connectivity index (χ0n) is 8.79. The van der Waals surface area contributed by atoms with E-state index in [2.05, 4.69) is 43.4 Å².